The van der Waals surface area contributed by atoms with E-state index in [1.807, 2.05) is 26.0 Å². The second-order valence-electron chi connectivity index (χ2n) is 6.24. The number of hydrogen-bond acceptors (Lipinski definition) is 5. The minimum absolute atomic E-state index is 0.179. The van der Waals surface area contributed by atoms with Gasteiger partial charge in [-0.1, -0.05) is 24.3 Å². The molecular weight excluding hydrogens is 292 g/mol. The van der Waals surface area contributed by atoms with Gasteiger partial charge in [-0.2, -0.15) is 0 Å². The molecule has 0 radical (unpaired) electrons. The Morgan fingerprint density at radius 2 is 1.74 bits per heavy atom. The smallest absolute Gasteiger partial charge is 0.233 e. The molecule has 5 nitrogen and oxygen atoms in total. The van der Waals surface area contributed by atoms with Gasteiger partial charge in [0.1, 0.15) is 0 Å². The summed E-state index contributed by atoms with van der Waals surface area (Å²) in [4.78, 5) is 27.3. The van der Waals surface area contributed by atoms with E-state index in [0.717, 1.165) is 24.4 Å². The maximum absolute atomic E-state index is 12.6. The first-order valence-electron chi connectivity index (χ1n) is 8.06. The Kier molecular flexibility index (Phi) is 4.59. The van der Waals surface area contributed by atoms with Crippen molar-refractivity contribution < 1.29 is 14.3 Å². The first kappa shape index (κ1) is 15.9. The lowest BCUT2D eigenvalue weighted by Crippen LogP contribution is -2.41. The summed E-state index contributed by atoms with van der Waals surface area (Å²) in [5, 5.41) is 3.38. The summed E-state index contributed by atoms with van der Waals surface area (Å²) in [6.07, 6.45) is 0. The van der Waals surface area contributed by atoms with Gasteiger partial charge in [0.15, 0.2) is 0 Å². The average Bonchev–Trinajstić information content (AvgIpc) is 2.56. The molecular formula is C18H22N2O3. The number of ketones is 2. The number of Topliss-reactive ketones (excluding diaryl/α,β-unsaturated/α-hetero) is 2. The van der Waals surface area contributed by atoms with E-state index in [2.05, 4.69) is 10.2 Å². The Balaban J connectivity index is 2.03. The van der Waals surface area contributed by atoms with Crippen molar-refractivity contribution in [3.8, 4) is 0 Å². The molecule has 1 saturated heterocycles. The number of rotatable bonds is 4. The first-order chi connectivity index (χ1) is 11.1. The molecule has 5 heteroatoms. The third kappa shape index (κ3) is 3.21. The molecule has 0 bridgehead atoms. The van der Waals surface area contributed by atoms with Gasteiger partial charge in [-0.05, 0) is 13.8 Å². The van der Waals surface area contributed by atoms with E-state index >= 15 is 0 Å². The molecule has 0 amide bonds. The van der Waals surface area contributed by atoms with Gasteiger partial charge in [0.2, 0.25) is 11.6 Å². The van der Waals surface area contributed by atoms with Gasteiger partial charge in [0, 0.05) is 42.4 Å². The van der Waals surface area contributed by atoms with E-state index in [1.54, 1.807) is 12.1 Å². The summed E-state index contributed by atoms with van der Waals surface area (Å²) in [5.41, 5.74) is 2.69. The fraction of sp³-hybridized carbons (Fsp3) is 0.444. The van der Waals surface area contributed by atoms with Crippen LogP contribution in [0.25, 0.3) is 5.70 Å². The van der Waals surface area contributed by atoms with Crippen LogP contribution in [0.5, 0.6) is 0 Å². The number of nitrogens with zero attached hydrogens (tertiary/aromatic N) is 1. The molecule has 1 aromatic rings. The number of carbonyl (C=O) groups is 2. The lowest BCUT2D eigenvalue weighted by Gasteiger charge is -2.30. The summed E-state index contributed by atoms with van der Waals surface area (Å²) in [6, 6.07) is 7.51. The quantitative estimate of drug-likeness (QED) is 0.854. The van der Waals surface area contributed by atoms with E-state index < -0.39 is 11.6 Å². The molecule has 1 N–H and O–H groups in total. The highest BCUT2D eigenvalue weighted by molar-refractivity contribution is 6.52. The molecule has 1 aromatic carbocycles. The van der Waals surface area contributed by atoms with Gasteiger partial charge in [0.25, 0.3) is 0 Å². The second kappa shape index (κ2) is 6.64. The Bertz CT molecular complexity index is 658. The number of nitrogens with one attached hydrogen (secondary N) is 1. The molecule has 1 aliphatic carbocycles. The third-order valence-electron chi connectivity index (χ3n) is 4.14. The fourth-order valence-electron chi connectivity index (χ4n) is 3.02. The van der Waals surface area contributed by atoms with Crippen molar-refractivity contribution in [3.05, 3.63) is 41.0 Å². The molecule has 3 rings (SSSR count). The molecule has 23 heavy (non-hydrogen) atoms. The predicted molar refractivity (Wildman–Crippen MR) is 88.2 cm³/mol. The number of ether oxygens (including phenoxy) is 1. The van der Waals surface area contributed by atoms with Gasteiger partial charge in [-0.25, -0.2) is 0 Å². The van der Waals surface area contributed by atoms with E-state index in [-0.39, 0.29) is 6.04 Å². The maximum atomic E-state index is 12.6. The lowest BCUT2D eigenvalue weighted by molar-refractivity contribution is -0.112. The Hall–Kier alpha value is -1.98. The van der Waals surface area contributed by atoms with Crippen LogP contribution in [-0.4, -0.2) is 55.4 Å². The van der Waals surface area contributed by atoms with Crippen LogP contribution in [0.1, 0.15) is 29.8 Å². The zero-order chi connectivity index (χ0) is 16.4. The van der Waals surface area contributed by atoms with E-state index in [4.69, 9.17) is 4.74 Å². The topological polar surface area (TPSA) is 58.6 Å². The van der Waals surface area contributed by atoms with Crippen LogP contribution in [-0.2, 0) is 9.53 Å². The number of carbonyl (C=O) groups excluding carboxylic acids is 2. The monoisotopic (exact) mass is 314 g/mol. The predicted octanol–water partition coefficient (Wildman–Crippen LogP) is 1.49. The third-order valence-corrected chi connectivity index (χ3v) is 4.14. The molecule has 1 fully saturated rings. The molecule has 0 saturated carbocycles. The van der Waals surface area contributed by atoms with E-state index in [9.17, 15) is 9.59 Å². The van der Waals surface area contributed by atoms with Crippen molar-refractivity contribution in [2.45, 2.75) is 19.9 Å². The van der Waals surface area contributed by atoms with Crippen LogP contribution in [0.4, 0.5) is 0 Å². The summed E-state index contributed by atoms with van der Waals surface area (Å²) >= 11 is 0. The van der Waals surface area contributed by atoms with E-state index in [0.29, 0.717) is 30.9 Å². The largest absolute Gasteiger partial charge is 0.382 e. The standard InChI is InChI=1S/C18H22N2O3/c1-12(2)19-16-13-5-3-4-6-14(13)17(21)18(22)15(16)11-20-7-9-23-10-8-20/h3-6,12,19H,7-11H2,1-2H3. The first-order valence-corrected chi connectivity index (χ1v) is 8.06. The van der Waals surface area contributed by atoms with Gasteiger partial charge < -0.3 is 10.1 Å². The second-order valence-corrected chi connectivity index (χ2v) is 6.24. The minimum atomic E-state index is -0.404. The fourth-order valence-corrected chi connectivity index (χ4v) is 3.02. The number of fused-ring (bicyclic) bond motifs is 1. The van der Waals surface area contributed by atoms with Gasteiger partial charge in [-0.15, -0.1) is 0 Å². The summed E-state index contributed by atoms with van der Waals surface area (Å²) < 4.78 is 5.36. The molecule has 2 aliphatic rings. The molecule has 0 unspecified atom stereocenters. The number of hydrogen-bond donors (Lipinski definition) is 1. The minimum Gasteiger partial charge on any atom is -0.382 e. The Morgan fingerprint density at radius 1 is 1.09 bits per heavy atom. The van der Waals surface area contributed by atoms with Gasteiger partial charge in [0.05, 0.1) is 18.9 Å². The summed E-state index contributed by atoms with van der Waals surface area (Å²) in [6.45, 7) is 7.43. The van der Waals surface area contributed by atoms with Gasteiger partial charge >= 0.3 is 0 Å². The molecule has 0 aromatic heterocycles. The van der Waals surface area contributed by atoms with Crippen LogP contribution >= 0.6 is 0 Å². The zero-order valence-electron chi connectivity index (χ0n) is 13.6. The highest BCUT2D eigenvalue weighted by atomic mass is 16.5. The summed E-state index contributed by atoms with van der Waals surface area (Å²) in [7, 11) is 0. The van der Waals surface area contributed by atoms with Crippen molar-refractivity contribution in [3.63, 3.8) is 0 Å². The average molecular weight is 314 g/mol. The Labute approximate surface area is 136 Å². The van der Waals surface area contributed by atoms with Crippen LogP contribution in [0, 0.1) is 0 Å². The van der Waals surface area contributed by atoms with Gasteiger partial charge in [-0.3, -0.25) is 14.5 Å². The molecule has 0 atom stereocenters. The van der Waals surface area contributed by atoms with Crippen LogP contribution in [0.15, 0.2) is 29.8 Å². The normalized spacial score (nSPS) is 19.3. The zero-order valence-corrected chi connectivity index (χ0v) is 13.6. The molecule has 0 spiro atoms. The molecule has 122 valence electrons. The maximum Gasteiger partial charge on any atom is 0.233 e. The van der Waals surface area contributed by atoms with E-state index in [1.165, 1.54) is 0 Å². The highest BCUT2D eigenvalue weighted by Gasteiger charge is 2.33. The van der Waals surface area contributed by atoms with Crippen molar-refractivity contribution in [1.29, 1.82) is 0 Å². The lowest BCUT2D eigenvalue weighted by atomic mass is 9.86. The van der Waals surface area contributed by atoms with Crippen molar-refractivity contribution in [2.24, 2.45) is 0 Å². The number of benzene rings is 1. The van der Waals surface area contributed by atoms with Crippen LogP contribution in [0.3, 0.4) is 0 Å². The molecule has 1 heterocycles. The Morgan fingerprint density at radius 3 is 2.39 bits per heavy atom. The highest BCUT2D eigenvalue weighted by Crippen LogP contribution is 2.28. The van der Waals surface area contributed by atoms with Crippen LogP contribution in [0.2, 0.25) is 0 Å². The number of morpholine rings is 1. The van der Waals surface area contributed by atoms with Crippen molar-refractivity contribution in [2.75, 3.05) is 32.8 Å². The summed E-state index contributed by atoms with van der Waals surface area (Å²) in [5.74, 6) is -0.795. The SMILES string of the molecule is CC(C)NC1=C(CN2CCOCC2)C(=O)C(=O)c2ccccc21. The van der Waals surface area contributed by atoms with Crippen molar-refractivity contribution >= 4 is 17.3 Å². The molecule has 1 aliphatic heterocycles. The van der Waals surface area contributed by atoms with Crippen molar-refractivity contribution in [1.82, 2.24) is 10.2 Å². The van der Waals surface area contributed by atoms with Crippen LogP contribution < -0.4 is 5.32 Å².